The third-order valence-corrected chi connectivity index (χ3v) is 3.80. The summed E-state index contributed by atoms with van der Waals surface area (Å²) in [6.07, 6.45) is 3.34. The van der Waals surface area contributed by atoms with Crippen molar-refractivity contribution in [3.63, 3.8) is 0 Å². The van der Waals surface area contributed by atoms with Gasteiger partial charge in [-0.15, -0.1) is 0 Å². The fraction of sp³-hybridized carbons (Fsp3) is 0. The molecule has 0 atom stereocenters. The summed E-state index contributed by atoms with van der Waals surface area (Å²) in [4.78, 5) is 23.7. The van der Waals surface area contributed by atoms with Crippen LogP contribution in [0.5, 0.6) is 0 Å². The Labute approximate surface area is 144 Å². The summed E-state index contributed by atoms with van der Waals surface area (Å²) in [5, 5.41) is 7.06. The number of aromatic amines is 1. The highest BCUT2D eigenvalue weighted by Gasteiger charge is 2.07. The van der Waals surface area contributed by atoms with E-state index in [4.69, 9.17) is 0 Å². The normalized spacial score (nSPS) is 10.6. The van der Waals surface area contributed by atoms with Crippen molar-refractivity contribution < 1.29 is 4.79 Å². The number of anilines is 3. The van der Waals surface area contributed by atoms with Crippen LogP contribution in [-0.4, -0.2) is 20.9 Å². The van der Waals surface area contributed by atoms with Crippen molar-refractivity contribution in [2.75, 3.05) is 10.6 Å². The molecular weight excluding hydrogens is 314 g/mol. The van der Waals surface area contributed by atoms with Crippen molar-refractivity contribution in [2.45, 2.75) is 0 Å². The Kier molecular flexibility index (Phi) is 3.84. The molecule has 0 unspecified atom stereocenters. The molecule has 25 heavy (non-hydrogen) atoms. The number of carbonyl (C=O) groups is 1. The van der Waals surface area contributed by atoms with Crippen molar-refractivity contribution in [3.05, 3.63) is 78.8 Å². The zero-order valence-electron chi connectivity index (χ0n) is 13.2. The largest absolute Gasteiger partial charge is 0.346 e. The van der Waals surface area contributed by atoms with Gasteiger partial charge in [-0.1, -0.05) is 18.2 Å². The van der Waals surface area contributed by atoms with Gasteiger partial charge in [0.1, 0.15) is 17.8 Å². The number of H-pyrrole nitrogens is 1. The van der Waals surface area contributed by atoms with Gasteiger partial charge >= 0.3 is 0 Å². The summed E-state index contributed by atoms with van der Waals surface area (Å²) >= 11 is 0. The van der Waals surface area contributed by atoms with Crippen LogP contribution in [0, 0.1) is 0 Å². The lowest BCUT2D eigenvalue weighted by Crippen LogP contribution is -2.11. The van der Waals surface area contributed by atoms with E-state index >= 15 is 0 Å². The Morgan fingerprint density at radius 2 is 1.64 bits per heavy atom. The SMILES string of the molecule is O=C(Nc1ccc(Nc2ncnc3[nH]ccc23)cc1)c1ccccc1. The molecule has 4 aromatic rings. The van der Waals surface area contributed by atoms with Gasteiger partial charge in [0.25, 0.3) is 5.91 Å². The monoisotopic (exact) mass is 329 g/mol. The number of rotatable bonds is 4. The predicted molar refractivity (Wildman–Crippen MR) is 98.0 cm³/mol. The van der Waals surface area contributed by atoms with Crippen LogP contribution in [0.3, 0.4) is 0 Å². The third kappa shape index (κ3) is 3.18. The number of benzene rings is 2. The minimum absolute atomic E-state index is 0.133. The molecule has 0 bridgehead atoms. The molecule has 0 aliphatic rings. The topological polar surface area (TPSA) is 82.7 Å². The Hall–Kier alpha value is -3.67. The maximum Gasteiger partial charge on any atom is 0.255 e. The standard InChI is InChI=1S/C19H15N5O/c25-19(13-4-2-1-3-5-13)24-15-8-6-14(7-9-15)23-18-16-10-11-20-17(16)21-12-22-18/h1-12H,(H,24,25)(H2,20,21,22,23). The van der Waals surface area contributed by atoms with Crippen molar-refractivity contribution >= 4 is 34.1 Å². The Morgan fingerprint density at radius 1 is 0.880 bits per heavy atom. The molecule has 0 spiro atoms. The lowest BCUT2D eigenvalue weighted by Gasteiger charge is -2.09. The highest BCUT2D eigenvalue weighted by molar-refractivity contribution is 6.04. The van der Waals surface area contributed by atoms with E-state index in [1.165, 1.54) is 6.33 Å². The molecule has 2 aromatic carbocycles. The van der Waals surface area contributed by atoms with Crippen LogP contribution in [0.4, 0.5) is 17.2 Å². The molecule has 2 aromatic heterocycles. The first-order chi connectivity index (χ1) is 12.3. The number of nitrogens with zero attached hydrogens (tertiary/aromatic N) is 2. The van der Waals surface area contributed by atoms with Gasteiger partial charge in [-0.05, 0) is 42.5 Å². The second kappa shape index (κ2) is 6.45. The van der Waals surface area contributed by atoms with E-state index < -0.39 is 0 Å². The van der Waals surface area contributed by atoms with E-state index in [0.29, 0.717) is 5.56 Å². The van der Waals surface area contributed by atoms with Gasteiger partial charge in [0.15, 0.2) is 0 Å². The second-order valence-corrected chi connectivity index (χ2v) is 5.48. The second-order valence-electron chi connectivity index (χ2n) is 5.48. The maximum absolute atomic E-state index is 12.2. The molecule has 6 heteroatoms. The number of carbonyl (C=O) groups excluding carboxylic acids is 1. The van der Waals surface area contributed by atoms with Crippen LogP contribution in [0.2, 0.25) is 0 Å². The van der Waals surface area contributed by atoms with Crippen LogP contribution >= 0.6 is 0 Å². The average Bonchev–Trinajstić information content (AvgIpc) is 3.14. The number of aromatic nitrogens is 3. The minimum Gasteiger partial charge on any atom is -0.346 e. The van der Waals surface area contributed by atoms with Gasteiger partial charge in [-0.25, -0.2) is 9.97 Å². The maximum atomic E-state index is 12.2. The minimum atomic E-state index is -0.133. The van der Waals surface area contributed by atoms with Gasteiger partial charge in [0, 0.05) is 23.1 Å². The molecule has 0 saturated heterocycles. The first-order valence-electron chi connectivity index (χ1n) is 7.81. The van der Waals surface area contributed by atoms with Gasteiger partial charge in [-0.2, -0.15) is 0 Å². The van der Waals surface area contributed by atoms with Gasteiger partial charge in [-0.3, -0.25) is 4.79 Å². The number of fused-ring (bicyclic) bond motifs is 1. The molecule has 6 nitrogen and oxygen atoms in total. The fourth-order valence-electron chi connectivity index (χ4n) is 2.54. The molecule has 0 radical (unpaired) electrons. The Morgan fingerprint density at radius 3 is 2.44 bits per heavy atom. The molecule has 0 saturated carbocycles. The molecule has 2 heterocycles. The van der Waals surface area contributed by atoms with Gasteiger partial charge in [0.2, 0.25) is 0 Å². The highest BCUT2D eigenvalue weighted by atomic mass is 16.1. The number of nitrogens with one attached hydrogen (secondary N) is 3. The van der Waals surface area contributed by atoms with Crippen LogP contribution < -0.4 is 10.6 Å². The highest BCUT2D eigenvalue weighted by Crippen LogP contribution is 2.23. The fourth-order valence-corrected chi connectivity index (χ4v) is 2.54. The van der Waals surface area contributed by atoms with E-state index in [9.17, 15) is 4.79 Å². The van der Waals surface area contributed by atoms with Crippen LogP contribution in [-0.2, 0) is 0 Å². The number of hydrogen-bond acceptors (Lipinski definition) is 4. The van der Waals surface area contributed by atoms with Crippen LogP contribution in [0.1, 0.15) is 10.4 Å². The predicted octanol–water partition coefficient (Wildman–Crippen LogP) is 3.95. The van der Waals surface area contributed by atoms with Crippen molar-refractivity contribution in [1.82, 2.24) is 15.0 Å². The Bertz CT molecular complexity index is 1010. The summed E-state index contributed by atoms with van der Waals surface area (Å²) < 4.78 is 0. The van der Waals surface area contributed by atoms with E-state index in [2.05, 4.69) is 25.6 Å². The van der Waals surface area contributed by atoms with E-state index in [1.807, 2.05) is 54.7 Å². The molecule has 3 N–H and O–H groups in total. The number of amides is 1. The zero-order chi connectivity index (χ0) is 17.1. The Balaban J connectivity index is 1.49. The summed E-state index contributed by atoms with van der Waals surface area (Å²) in [5.41, 5.74) is 3.01. The molecule has 122 valence electrons. The lowest BCUT2D eigenvalue weighted by atomic mass is 10.2. The summed E-state index contributed by atoms with van der Waals surface area (Å²) in [6.45, 7) is 0. The lowest BCUT2D eigenvalue weighted by molar-refractivity contribution is 0.102. The summed E-state index contributed by atoms with van der Waals surface area (Å²) in [5.74, 6) is 0.596. The van der Waals surface area contributed by atoms with E-state index in [1.54, 1.807) is 12.1 Å². The molecule has 0 aliphatic carbocycles. The zero-order valence-corrected chi connectivity index (χ0v) is 13.2. The molecule has 0 aliphatic heterocycles. The van der Waals surface area contributed by atoms with E-state index in [-0.39, 0.29) is 5.91 Å². The summed E-state index contributed by atoms with van der Waals surface area (Å²) in [7, 11) is 0. The average molecular weight is 329 g/mol. The van der Waals surface area contributed by atoms with Crippen LogP contribution in [0.25, 0.3) is 11.0 Å². The molecule has 0 fully saturated rings. The first-order valence-corrected chi connectivity index (χ1v) is 7.81. The van der Waals surface area contributed by atoms with Crippen molar-refractivity contribution in [1.29, 1.82) is 0 Å². The molecule has 4 rings (SSSR count). The van der Waals surface area contributed by atoms with E-state index in [0.717, 1.165) is 28.2 Å². The third-order valence-electron chi connectivity index (χ3n) is 3.80. The van der Waals surface area contributed by atoms with Crippen molar-refractivity contribution in [2.24, 2.45) is 0 Å². The van der Waals surface area contributed by atoms with Crippen LogP contribution in [0.15, 0.2) is 73.2 Å². The summed E-state index contributed by atoms with van der Waals surface area (Å²) in [6, 6.07) is 18.5. The smallest absolute Gasteiger partial charge is 0.255 e. The van der Waals surface area contributed by atoms with Gasteiger partial charge < -0.3 is 15.6 Å². The number of hydrogen-bond donors (Lipinski definition) is 3. The molecule has 1 amide bonds. The van der Waals surface area contributed by atoms with Crippen molar-refractivity contribution in [3.8, 4) is 0 Å². The first kappa shape index (κ1) is 14.9. The quantitative estimate of drug-likeness (QED) is 0.529. The molecular formula is C19H15N5O. The van der Waals surface area contributed by atoms with Gasteiger partial charge in [0.05, 0.1) is 5.39 Å².